The molecule has 0 radical (unpaired) electrons. The Balaban J connectivity index is 1.87. The molecule has 0 saturated carbocycles. The number of nitrogens with zero attached hydrogens (tertiary/aromatic N) is 1. The van der Waals surface area contributed by atoms with Gasteiger partial charge in [0.05, 0.1) is 43.2 Å². The summed E-state index contributed by atoms with van der Waals surface area (Å²) in [4.78, 5) is 4.36. The molecule has 1 unspecified atom stereocenters. The van der Waals surface area contributed by atoms with E-state index in [4.69, 9.17) is 23.7 Å². The van der Waals surface area contributed by atoms with Gasteiger partial charge in [0.1, 0.15) is 11.5 Å². The molecule has 1 aromatic rings. The van der Waals surface area contributed by atoms with Crippen LogP contribution >= 0.6 is 11.8 Å². The second-order valence-corrected chi connectivity index (χ2v) is 7.35. The Labute approximate surface area is 154 Å². The zero-order valence-corrected chi connectivity index (χ0v) is 16.3. The summed E-state index contributed by atoms with van der Waals surface area (Å²) in [5.41, 5.74) is -0.441. The maximum absolute atomic E-state index is 6.15. The average molecular weight is 371 g/mol. The third-order valence-electron chi connectivity index (χ3n) is 4.28. The lowest BCUT2D eigenvalue weighted by atomic mass is 9.89. The molecule has 0 N–H and O–H groups in total. The fraction of sp³-hybridized carbons (Fsp3) is 0.722. The number of aromatic nitrogens is 1. The predicted octanol–water partition coefficient (Wildman–Crippen LogP) is 2.76. The molecule has 1 aliphatic rings. The van der Waals surface area contributed by atoms with Gasteiger partial charge in [-0.3, -0.25) is 0 Å². The van der Waals surface area contributed by atoms with Crippen LogP contribution in [0, 0.1) is 0 Å². The molecule has 1 aromatic heterocycles. The standard InChI is InChI=1S/C18H29NO5S/c1-14-17(23-12-11-22-10-9-20-3)18(2,21-4)13-16(24-14)25-15-7-5-6-8-19-15/h5-8,14,16-17H,9-13H2,1-4H3/t14-,16?,17-,18+/m0/s1. The van der Waals surface area contributed by atoms with Crippen molar-refractivity contribution >= 4 is 11.8 Å². The molecular weight excluding hydrogens is 342 g/mol. The van der Waals surface area contributed by atoms with Gasteiger partial charge in [-0.05, 0) is 26.0 Å². The first-order chi connectivity index (χ1) is 12.1. The van der Waals surface area contributed by atoms with Gasteiger partial charge in [0.25, 0.3) is 0 Å². The summed E-state index contributed by atoms with van der Waals surface area (Å²) in [5, 5.41) is 0.948. The Kier molecular flexibility index (Phi) is 8.61. The van der Waals surface area contributed by atoms with Crippen molar-refractivity contribution in [1.82, 2.24) is 4.98 Å². The first kappa shape index (κ1) is 20.6. The Bertz CT molecular complexity index is 492. The summed E-state index contributed by atoms with van der Waals surface area (Å²) < 4.78 is 28.4. The Morgan fingerprint density at radius 2 is 2.04 bits per heavy atom. The fourth-order valence-corrected chi connectivity index (χ4v) is 4.11. The van der Waals surface area contributed by atoms with E-state index in [9.17, 15) is 0 Å². The van der Waals surface area contributed by atoms with E-state index in [2.05, 4.69) is 11.9 Å². The first-order valence-corrected chi connectivity index (χ1v) is 9.43. The van der Waals surface area contributed by atoms with Crippen LogP contribution < -0.4 is 0 Å². The number of hydrogen-bond acceptors (Lipinski definition) is 7. The van der Waals surface area contributed by atoms with E-state index in [1.807, 2.05) is 25.1 Å². The van der Waals surface area contributed by atoms with Gasteiger partial charge >= 0.3 is 0 Å². The molecule has 25 heavy (non-hydrogen) atoms. The van der Waals surface area contributed by atoms with E-state index in [1.165, 1.54) is 0 Å². The van der Waals surface area contributed by atoms with Crippen molar-refractivity contribution in [2.75, 3.05) is 40.6 Å². The molecule has 6 nitrogen and oxygen atoms in total. The molecule has 7 heteroatoms. The van der Waals surface area contributed by atoms with Crippen molar-refractivity contribution in [2.24, 2.45) is 0 Å². The van der Waals surface area contributed by atoms with Gasteiger partial charge in [0.15, 0.2) is 0 Å². The van der Waals surface area contributed by atoms with Gasteiger partial charge < -0.3 is 23.7 Å². The molecule has 1 fully saturated rings. The molecule has 142 valence electrons. The van der Waals surface area contributed by atoms with Gasteiger partial charge in [0, 0.05) is 26.8 Å². The van der Waals surface area contributed by atoms with E-state index < -0.39 is 5.60 Å². The highest BCUT2D eigenvalue weighted by Gasteiger charge is 2.46. The molecular formula is C18H29NO5S. The van der Waals surface area contributed by atoms with Crippen LogP contribution in [-0.2, 0) is 23.7 Å². The highest BCUT2D eigenvalue weighted by molar-refractivity contribution is 7.99. The molecule has 4 atom stereocenters. The van der Waals surface area contributed by atoms with E-state index >= 15 is 0 Å². The van der Waals surface area contributed by atoms with Crippen LogP contribution in [0.4, 0.5) is 0 Å². The highest BCUT2D eigenvalue weighted by atomic mass is 32.2. The van der Waals surface area contributed by atoms with Crippen molar-refractivity contribution in [2.45, 2.75) is 48.5 Å². The maximum Gasteiger partial charge on any atom is 0.112 e. The van der Waals surface area contributed by atoms with E-state index in [1.54, 1.807) is 32.2 Å². The van der Waals surface area contributed by atoms with Crippen LogP contribution in [-0.4, -0.2) is 68.9 Å². The summed E-state index contributed by atoms with van der Waals surface area (Å²) in [6.45, 7) is 6.29. The predicted molar refractivity (Wildman–Crippen MR) is 96.9 cm³/mol. The lowest BCUT2D eigenvalue weighted by molar-refractivity contribution is -0.218. The third-order valence-corrected chi connectivity index (χ3v) is 5.30. The van der Waals surface area contributed by atoms with Gasteiger partial charge in [0.2, 0.25) is 0 Å². The van der Waals surface area contributed by atoms with Crippen LogP contribution in [0.3, 0.4) is 0 Å². The van der Waals surface area contributed by atoms with E-state index in [-0.39, 0.29) is 17.6 Å². The van der Waals surface area contributed by atoms with Crippen LogP contribution in [0.2, 0.25) is 0 Å². The van der Waals surface area contributed by atoms with Crippen LogP contribution in [0.5, 0.6) is 0 Å². The number of hydrogen-bond donors (Lipinski definition) is 0. The second-order valence-electron chi connectivity index (χ2n) is 6.17. The molecule has 1 aliphatic heterocycles. The first-order valence-electron chi connectivity index (χ1n) is 8.55. The van der Waals surface area contributed by atoms with Gasteiger partial charge in [-0.15, -0.1) is 0 Å². The second kappa shape index (κ2) is 10.4. The SMILES string of the molecule is COCCOCCO[C@H]1[C@H](C)OC(Sc2ccccn2)C[C@@]1(C)OC. The minimum atomic E-state index is -0.420. The number of methoxy groups -OCH3 is 2. The maximum atomic E-state index is 6.15. The summed E-state index contributed by atoms with van der Waals surface area (Å²) in [7, 11) is 3.39. The summed E-state index contributed by atoms with van der Waals surface area (Å²) in [5.74, 6) is 0. The largest absolute Gasteiger partial charge is 0.382 e. The summed E-state index contributed by atoms with van der Waals surface area (Å²) in [6.07, 6.45) is 2.28. The molecule has 0 amide bonds. The topological polar surface area (TPSA) is 59.0 Å². The third kappa shape index (κ3) is 6.20. The summed E-state index contributed by atoms with van der Waals surface area (Å²) in [6, 6.07) is 5.88. The molecule has 2 heterocycles. The zero-order chi connectivity index (χ0) is 18.1. The zero-order valence-electron chi connectivity index (χ0n) is 15.5. The minimum absolute atomic E-state index is 0.0207. The van der Waals surface area contributed by atoms with Crippen LogP contribution in [0.15, 0.2) is 29.4 Å². The number of rotatable bonds is 10. The fourth-order valence-electron chi connectivity index (χ4n) is 2.91. The van der Waals surface area contributed by atoms with E-state index in [0.717, 1.165) is 11.4 Å². The number of thioether (sulfide) groups is 1. The van der Waals surface area contributed by atoms with Gasteiger partial charge in [-0.1, -0.05) is 17.8 Å². The smallest absolute Gasteiger partial charge is 0.112 e. The normalized spacial score (nSPS) is 29.7. The Morgan fingerprint density at radius 3 is 2.72 bits per heavy atom. The monoisotopic (exact) mass is 371 g/mol. The molecule has 2 rings (SSSR count). The van der Waals surface area contributed by atoms with Crippen molar-refractivity contribution in [3.8, 4) is 0 Å². The van der Waals surface area contributed by atoms with Gasteiger partial charge in [-0.25, -0.2) is 4.98 Å². The average Bonchev–Trinajstić information content (AvgIpc) is 2.61. The summed E-state index contributed by atoms with van der Waals surface area (Å²) >= 11 is 1.62. The number of pyridine rings is 1. The minimum Gasteiger partial charge on any atom is -0.382 e. The van der Waals surface area contributed by atoms with Crippen molar-refractivity contribution in [3.63, 3.8) is 0 Å². The molecule has 0 bridgehead atoms. The van der Waals surface area contributed by atoms with E-state index in [0.29, 0.717) is 26.4 Å². The molecule has 1 saturated heterocycles. The van der Waals surface area contributed by atoms with Crippen molar-refractivity contribution < 1.29 is 23.7 Å². The molecule has 0 aliphatic carbocycles. The van der Waals surface area contributed by atoms with Crippen molar-refractivity contribution in [3.05, 3.63) is 24.4 Å². The molecule has 0 spiro atoms. The number of ether oxygens (including phenoxy) is 5. The lowest BCUT2D eigenvalue weighted by Crippen LogP contribution is -2.56. The van der Waals surface area contributed by atoms with Crippen LogP contribution in [0.1, 0.15) is 20.3 Å². The highest BCUT2D eigenvalue weighted by Crippen LogP contribution is 2.39. The van der Waals surface area contributed by atoms with Crippen LogP contribution in [0.25, 0.3) is 0 Å². The quantitative estimate of drug-likeness (QED) is 0.586. The Hall–Kier alpha value is -0.700. The lowest BCUT2D eigenvalue weighted by Gasteiger charge is -2.46. The van der Waals surface area contributed by atoms with Gasteiger partial charge in [-0.2, -0.15) is 0 Å². The van der Waals surface area contributed by atoms with Crippen molar-refractivity contribution in [1.29, 1.82) is 0 Å². The molecule has 0 aromatic carbocycles. The Morgan fingerprint density at radius 1 is 1.24 bits per heavy atom.